The van der Waals surface area contributed by atoms with E-state index in [2.05, 4.69) is 4.98 Å². The lowest BCUT2D eigenvalue weighted by Gasteiger charge is -2.34. The van der Waals surface area contributed by atoms with Crippen LogP contribution in [0, 0.1) is 5.82 Å². The van der Waals surface area contributed by atoms with Crippen molar-refractivity contribution in [1.82, 2.24) is 14.2 Å². The van der Waals surface area contributed by atoms with Crippen molar-refractivity contribution in [2.24, 2.45) is 0 Å². The summed E-state index contributed by atoms with van der Waals surface area (Å²) >= 11 is 1.25. The monoisotopic (exact) mass is 570 g/mol. The van der Waals surface area contributed by atoms with Gasteiger partial charge >= 0.3 is 0 Å². The molecule has 4 rings (SSSR count). The second kappa shape index (κ2) is 12.1. The zero-order valence-corrected chi connectivity index (χ0v) is 23.7. The maximum absolute atomic E-state index is 14.3. The Morgan fingerprint density at radius 1 is 1.11 bits per heavy atom. The van der Waals surface area contributed by atoms with Crippen LogP contribution in [0.1, 0.15) is 30.6 Å². The van der Waals surface area contributed by atoms with Crippen LogP contribution < -0.4 is 4.90 Å². The van der Waals surface area contributed by atoms with E-state index in [9.17, 15) is 17.6 Å². The van der Waals surface area contributed by atoms with Gasteiger partial charge in [0.15, 0.2) is 5.13 Å². The summed E-state index contributed by atoms with van der Waals surface area (Å²) in [6.45, 7) is 5.40. The van der Waals surface area contributed by atoms with Gasteiger partial charge in [0.05, 0.1) is 21.8 Å². The van der Waals surface area contributed by atoms with E-state index in [1.165, 1.54) is 46.0 Å². The molecule has 0 radical (unpaired) electrons. The highest BCUT2D eigenvalue weighted by molar-refractivity contribution is 7.89. The number of aromatic nitrogens is 1. The molecule has 0 aliphatic carbocycles. The molecule has 202 valence electrons. The first-order chi connectivity index (χ1) is 17.1. The summed E-state index contributed by atoms with van der Waals surface area (Å²) < 4.78 is 48.4. The lowest BCUT2D eigenvalue weighted by Crippen LogP contribution is -2.48. The Morgan fingerprint density at radius 3 is 2.35 bits per heavy atom. The fourth-order valence-electron chi connectivity index (χ4n) is 4.25. The first-order valence-corrected chi connectivity index (χ1v) is 14.1. The molecule has 37 heavy (non-hydrogen) atoms. The molecule has 1 amide bonds. The molecule has 1 saturated heterocycles. The summed E-state index contributed by atoms with van der Waals surface area (Å²) in [4.78, 5) is 21.6. The number of hydrogen-bond donors (Lipinski definition) is 0. The van der Waals surface area contributed by atoms with E-state index >= 15 is 0 Å². The van der Waals surface area contributed by atoms with Crippen molar-refractivity contribution in [2.75, 3.05) is 45.2 Å². The van der Waals surface area contributed by atoms with Gasteiger partial charge in [0.25, 0.3) is 5.91 Å². The highest BCUT2D eigenvalue weighted by atomic mass is 35.5. The second-order valence-electron chi connectivity index (χ2n) is 9.30. The smallest absolute Gasteiger partial charge is 0.260 e. The number of anilines is 1. The van der Waals surface area contributed by atoms with Crippen LogP contribution >= 0.6 is 23.7 Å². The van der Waals surface area contributed by atoms with Gasteiger partial charge in [-0.3, -0.25) is 9.69 Å². The number of amides is 1. The number of fused-ring (bicyclic) bond motifs is 1. The minimum absolute atomic E-state index is 0. The number of carbonyl (C=O) groups excluding carboxylic acids is 1. The zero-order valence-electron chi connectivity index (χ0n) is 21.3. The number of morpholine rings is 1. The minimum Gasteiger partial charge on any atom is -0.373 e. The van der Waals surface area contributed by atoms with Crippen molar-refractivity contribution < 1.29 is 22.3 Å². The number of hydrogen-bond acceptors (Lipinski definition) is 7. The predicted molar refractivity (Wildman–Crippen MR) is 147 cm³/mol. The topological polar surface area (TPSA) is 83.1 Å². The number of benzene rings is 2. The van der Waals surface area contributed by atoms with Crippen LogP contribution in [0.25, 0.3) is 10.2 Å². The molecular formula is C25H32ClFN4O4S2. The van der Waals surface area contributed by atoms with Gasteiger partial charge in [0.1, 0.15) is 11.3 Å². The van der Waals surface area contributed by atoms with Gasteiger partial charge in [-0.25, -0.2) is 17.8 Å². The highest BCUT2D eigenvalue weighted by Crippen LogP contribution is 2.31. The maximum atomic E-state index is 14.3. The summed E-state index contributed by atoms with van der Waals surface area (Å²) in [5.74, 6) is -0.747. The van der Waals surface area contributed by atoms with Crippen LogP contribution in [0.5, 0.6) is 0 Å². The molecule has 1 aliphatic rings. The Hall–Kier alpha value is -2.15. The maximum Gasteiger partial charge on any atom is 0.260 e. The fourth-order valence-corrected chi connectivity index (χ4v) is 6.84. The number of nitrogens with zero attached hydrogens (tertiary/aromatic N) is 4. The van der Waals surface area contributed by atoms with Gasteiger partial charge in [-0.1, -0.05) is 17.4 Å². The molecule has 0 bridgehead atoms. The number of ether oxygens (including phenoxy) is 1. The van der Waals surface area contributed by atoms with E-state index < -0.39 is 15.8 Å². The molecule has 2 aromatic carbocycles. The normalized spacial score (nSPS) is 18.6. The first kappa shape index (κ1) is 29.4. The van der Waals surface area contributed by atoms with E-state index in [4.69, 9.17) is 4.74 Å². The van der Waals surface area contributed by atoms with Crippen molar-refractivity contribution in [1.29, 1.82) is 0 Å². The molecule has 2 unspecified atom stereocenters. The Kier molecular flexibility index (Phi) is 9.65. The molecule has 0 N–H and O–H groups in total. The molecule has 3 aromatic rings. The van der Waals surface area contributed by atoms with E-state index in [-0.39, 0.29) is 54.0 Å². The van der Waals surface area contributed by atoms with E-state index in [1.807, 2.05) is 32.8 Å². The highest BCUT2D eigenvalue weighted by Gasteiger charge is 2.32. The average Bonchev–Trinajstić information content (AvgIpc) is 3.26. The molecule has 1 aliphatic heterocycles. The van der Waals surface area contributed by atoms with Crippen molar-refractivity contribution >= 4 is 55.0 Å². The second-order valence-corrected chi connectivity index (χ2v) is 12.2. The van der Waals surface area contributed by atoms with Gasteiger partial charge in [-0.2, -0.15) is 4.31 Å². The van der Waals surface area contributed by atoms with Crippen LogP contribution in [0.3, 0.4) is 0 Å². The Morgan fingerprint density at radius 2 is 1.76 bits per heavy atom. The van der Waals surface area contributed by atoms with Crippen LogP contribution in [0.4, 0.5) is 9.52 Å². The summed E-state index contributed by atoms with van der Waals surface area (Å²) in [7, 11) is 0.188. The number of sulfonamides is 1. The number of carbonyl (C=O) groups is 1. The van der Waals surface area contributed by atoms with Gasteiger partial charge in [0.2, 0.25) is 10.0 Å². The molecule has 1 aromatic heterocycles. The summed E-state index contributed by atoms with van der Waals surface area (Å²) in [5.41, 5.74) is 0.570. The Bertz CT molecular complexity index is 1320. The lowest BCUT2D eigenvalue weighted by molar-refractivity contribution is -0.0440. The van der Waals surface area contributed by atoms with Gasteiger partial charge in [-0.15, -0.1) is 12.4 Å². The lowest BCUT2D eigenvalue weighted by atomic mass is 10.2. The molecule has 12 heteroatoms. The third kappa shape index (κ3) is 6.65. The molecule has 0 spiro atoms. The molecule has 2 atom stereocenters. The van der Waals surface area contributed by atoms with Crippen molar-refractivity contribution in [2.45, 2.75) is 37.4 Å². The first-order valence-electron chi connectivity index (χ1n) is 11.8. The van der Waals surface area contributed by atoms with Crippen LogP contribution in [0.15, 0.2) is 47.4 Å². The Labute approximate surface area is 227 Å². The molecule has 1 fully saturated rings. The van der Waals surface area contributed by atoms with Gasteiger partial charge in [0, 0.05) is 25.2 Å². The number of para-hydroxylation sites is 1. The third-order valence-corrected chi connectivity index (χ3v) is 8.84. The number of thiazole rings is 1. The largest absolute Gasteiger partial charge is 0.373 e. The quantitative estimate of drug-likeness (QED) is 0.403. The van der Waals surface area contributed by atoms with Crippen molar-refractivity contribution in [3.05, 3.63) is 53.8 Å². The fraction of sp³-hybridized carbons (Fsp3) is 0.440. The zero-order chi connectivity index (χ0) is 26.0. The standard InChI is InChI=1S/C25H31FN4O4S2.ClH/c1-17-15-29(16-18(2)34-17)36(32,33)20-11-9-19(10-12-20)24(31)30(14-6-13-28(3)4)25-27-23-21(26)7-5-8-22(23)35-25;/h5,7-12,17-18H,6,13-16H2,1-4H3;1H. The molecule has 0 saturated carbocycles. The van der Waals surface area contributed by atoms with Gasteiger partial charge in [-0.05, 0) is 77.3 Å². The van der Waals surface area contributed by atoms with E-state index in [1.54, 1.807) is 17.0 Å². The van der Waals surface area contributed by atoms with Crippen LogP contribution in [0.2, 0.25) is 0 Å². The minimum atomic E-state index is -3.72. The molecule has 8 nitrogen and oxygen atoms in total. The Balaban J connectivity index is 0.00000380. The van der Waals surface area contributed by atoms with Crippen LogP contribution in [-0.2, 0) is 14.8 Å². The number of halogens is 2. The average molecular weight is 571 g/mol. The van der Waals surface area contributed by atoms with Crippen molar-refractivity contribution in [3.63, 3.8) is 0 Å². The predicted octanol–water partition coefficient (Wildman–Crippen LogP) is 4.25. The third-order valence-electron chi connectivity index (χ3n) is 5.95. The summed E-state index contributed by atoms with van der Waals surface area (Å²) in [6.07, 6.45) is 0.300. The SMILES string of the molecule is CC1CN(S(=O)(=O)c2ccc(C(=O)N(CCCN(C)C)c3nc4c(F)cccc4s3)cc2)CC(C)O1.Cl. The molecular weight excluding hydrogens is 539 g/mol. The summed E-state index contributed by atoms with van der Waals surface area (Å²) in [5, 5.41) is 0.409. The van der Waals surface area contributed by atoms with E-state index in [0.717, 1.165) is 6.54 Å². The van der Waals surface area contributed by atoms with Crippen LogP contribution in [-0.4, -0.2) is 81.0 Å². The van der Waals surface area contributed by atoms with Gasteiger partial charge < -0.3 is 9.64 Å². The summed E-state index contributed by atoms with van der Waals surface area (Å²) in [6, 6.07) is 10.7. The van der Waals surface area contributed by atoms with Crippen molar-refractivity contribution in [3.8, 4) is 0 Å². The van der Waals surface area contributed by atoms with E-state index in [0.29, 0.717) is 28.4 Å². The molecule has 2 heterocycles. The number of rotatable bonds is 8.